The normalized spacial score (nSPS) is 7.36. The van der Waals surface area contributed by atoms with Crippen LogP contribution in [0.3, 0.4) is 0 Å². The van der Waals surface area contributed by atoms with Crippen molar-refractivity contribution in [3.8, 4) is 0 Å². The third-order valence-corrected chi connectivity index (χ3v) is 2.33. The number of hydrogen-bond acceptors (Lipinski definition) is 0. The van der Waals surface area contributed by atoms with Gasteiger partial charge in [-0.3, -0.25) is 0 Å². The van der Waals surface area contributed by atoms with Crippen LogP contribution in [0.4, 0.5) is 0 Å². The van der Waals surface area contributed by atoms with Crippen LogP contribution in [0, 0.1) is 0 Å². The lowest BCUT2D eigenvalue weighted by molar-refractivity contribution is 1.09. The first-order valence-corrected chi connectivity index (χ1v) is 9.82. The fourth-order valence-corrected chi connectivity index (χ4v) is 1.52. The molecule has 0 saturated heterocycles. The maximum Gasteiger partial charge on any atom is -0.0184 e. The third kappa shape index (κ3) is 18.1. The summed E-state index contributed by atoms with van der Waals surface area (Å²) in [6, 6.07) is 28.7. The first-order valence-electron chi connectivity index (χ1n) is 9.82. The molecule has 0 aliphatic rings. The highest BCUT2D eigenvalue weighted by Crippen LogP contribution is 2.11. The second-order valence-electron chi connectivity index (χ2n) is 4.21. The molecule has 0 aromatic heterocycles. The minimum atomic E-state index is 1.25. The number of rotatable bonds is 0. The van der Waals surface area contributed by atoms with Gasteiger partial charge in [0.1, 0.15) is 0 Å². The Morgan fingerprint density at radius 1 is 0.400 bits per heavy atom. The quantitative estimate of drug-likeness (QED) is 0.383. The maximum absolute atomic E-state index is 2.12. The highest BCUT2D eigenvalue weighted by atomic mass is 13.9. The average Bonchev–Trinajstić information content (AvgIpc) is 2.75. The Kier molecular flexibility index (Phi) is 29.8. The third-order valence-electron chi connectivity index (χ3n) is 2.33. The summed E-state index contributed by atoms with van der Waals surface area (Å²) < 4.78 is 0. The van der Waals surface area contributed by atoms with E-state index < -0.39 is 0 Å². The zero-order valence-electron chi connectivity index (χ0n) is 17.8. The minimum absolute atomic E-state index is 1.25. The molecule has 0 heteroatoms. The maximum atomic E-state index is 2.12. The number of hydrogen-bond donors (Lipinski definition) is 0. The zero-order chi connectivity index (χ0) is 19.8. The molecular weight excluding hydrogens is 300 g/mol. The van der Waals surface area contributed by atoms with Gasteiger partial charge >= 0.3 is 0 Å². The van der Waals surface area contributed by atoms with E-state index in [0.29, 0.717) is 0 Å². The predicted octanol–water partition coefficient (Wildman–Crippen LogP) is 9.02. The molecule has 0 radical (unpaired) electrons. The van der Waals surface area contributed by atoms with Crippen LogP contribution >= 0.6 is 0 Å². The lowest BCUT2D eigenvalue weighted by atomic mass is 10.1. The van der Waals surface area contributed by atoms with Crippen molar-refractivity contribution < 1.29 is 0 Å². The zero-order valence-corrected chi connectivity index (χ0v) is 17.8. The van der Waals surface area contributed by atoms with Gasteiger partial charge in [0.25, 0.3) is 0 Å². The Labute approximate surface area is 157 Å². The van der Waals surface area contributed by atoms with Crippen LogP contribution in [0.15, 0.2) is 84.9 Å². The van der Waals surface area contributed by atoms with Crippen molar-refractivity contribution in [2.45, 2.75) is 61.8 Å². The molecule has 0 amide bonds. The van der Waals surface area contributed by atoms with Crippen molar-refractivity contribution in [1.29, 1.82) is 0 Å². The van der Waals surface area contributed by atoms with E-state index in [9.17, 15) is 0 Å². The second kappa shape index (κ2) is 26.8. The van der Waals surface area contributed by atoms with Gasteiger partial charge in [-0.2, -0.15) is 0 Å². The smallest absolute Gasteiger partial charge is 0.0184 e. The lowest BCUT2D eigenvalue weighted by Crippen LogP contribution is -1.67. The predicted molar refractivity (Wildman–Crippen MR) is 120 cm³/mol. The van der Waals surface area contributed by atoms with E-state index in [1.165, 1.54) is 17.2 Å². The molecule has 0 aliphatic heterocycles. The molecule has 0 unspecified atom stereocenters. The van der Waals surface area contributed by atoms with E-state index in [4.69, 9.17) is 0 Å². The van der Waals surface area contributed by atoms with Crippen LogP contribution < -0.4 is 0 Å². The van der Waals surface area contributed by atoms with Gasteiger partial charge in [0.05, 0.1) is 0 Å². The van der Waals surface area contributed by atoms with Gasteiger partial charge in [-0.25, -0.2) is 0 Å². The van der Waals surface area contributed by atoms with Gasteiger partial charge < -0.3 is 0 Å². The molecule has 0 nitrogen and oxygen atoms in total. The minimum Gasteiger partial charge on any atom is -0.0683 e. The van der Waals surface area contributed by atoms with E-state index in [2.05, 4.69) is 62.4 Å². The number of fused-ring (bicyclic) bond motifs is 1. The van der Waals surface area contributed by atoms with Crippen LogP contribution in [-0.2, 0) is 0 Å². The van der Waals surface area contributed by atoms with Gasteiger partial charge in [-0.15, -0.1) is 0 Å². The molecular formula is C25H40. The van der Waals surface area contributed by atoms with Gasteiger partial charge in [0.15, 0.2) is 0 Å². The SMILES string of the molecule is CC.CC.CC.CCC.c1ccc2ccccc2c1.c1ccccc1. The Balaban J connectivity index is -0.000000280. The van der Waals surface area contributed by atoms with E-state index in [1.807, 2.05) is 77.9 Å². The van der Waals surface area contributed by atoms with Crippen molar-refractivity contribution in [2.75, 3.05) is 0 Å². The van der Waals surface area contributed by atoms with Gasteiger partial charge in [0.2, 0.25) is 0 Å². The highest BCUT2D eigenvalue weighted by molar-refractivity contribution is 5.81. The summed E-state index contributed by atoms with van der Waals surface area (Å²) in [7, 11) is 0. The highest BCUT2D eigenvalue weighted by Gasteiger charge is 1.85. The van der Waals surface area contributed by atoms with Gasteiger partial charge in [-0.1, -0.05) is 147 Å². The molecule has 25 heavy (non-hydrogen) atoms. The van der Waals surface area contributed by atoms with E-state index in [1.54, 1.807) is 0 Å². The first kappa shape index (κ1) is 27.8. The molecule has 0 aliphatic carbocycles. The monoisotopic (exact) mass is 340 g/mol. The van der Waals surface area contributed by atoms with Crippen LogP contribution in [0.2, 0.25) is 0 Å². The molecule has 0 atom stereocenters. The Hall–Kier alpha value is -2.08. The van der Waals surface area contributed by atoms with E-state index in [-0.39, 0.29) is 0 Å². The molecule has 140 valence electrons. The van der Waals surface area contributed by atoms with Crippen molar-refractivity contribution >= 4 is 10.8 Å². The topological polar surface area (TPSA) is 0 Å². The molecule has 0 bridgehead atoms. The van der Waals surface area contributed by atoms with Crippen LogP contribution in [0.25, 0.3) is 10.8 Å². The Morgan fingerprint density at radius 3 is 0.720 bits per heavy atom. The Bertz CT molecular complexity index is 449. The largest absolute Gasteiger partial charge is 0.0683 e. The lowest BCUT2D eigenvalue weighted by Gasteiger charge is -1.92. The fourth-order valence-electron chi connectivity index (χ4n) is 1.52. The van der Waals surface area contributed by atoms with Gasteiger partial charge in [-0.05, 0) is 10.8 Å². The molecule has 3 aromatic rings. The van der Waals surface area contributed by atoms with Crippen molar-refractivity contribution in [1.82, 2.24) is 0 Å². The summed E-state index contributed by atoms with van der Waals surface area (Å²) in [6.07, 6.45) is 1.25. The summed E-state index contributed by atoms with van der Waals surface area (Å²) >= 11 is 0. The average molecular weight is 341 g/mol. The Morgan fingerprint density at radius 2 is 0.560 bits per heavy atom. The molecule has 0 heterocycles. The fraction of sp³-hybridized carbons (Fsp3) is 0.360. The molecule has 3 rings (SSSR count). The van der Waals surface area contributed by atoms with Crippen LogP contribution in [0.5, 0.6) is 0 Å². The number of benzene rings is 3. The molecule has 0 saturated carbocycles. The molecule has 0 N–H and O–H groups in total. The van der Waals surface area contributed by atoms with Crippen LogP contribution in [-0.4, -0.2) is 0 Å². The molecule has 0 spiro atoms. The van der Waals surface area contributed by atoms with E-state index in [0.717, 1.165) is 0 Å². The standard InChI is InChI=1S/C10H8.C6H6.C3H8.3C2H6/c1-2-6-10-8-4-3-7-9(10)5-1;1-2-4-6-5-3-1;1-3-2;3*1-2/h1-8H;1-6H;3H2,1-2H3;3*1-2H3. The summed E-state index contributed by atoms with van der Waals surface area (Å²) in [5.41, 5.74) is 0. The first-order chi connectivity index (χ1) is 12.4. The van der Waals surface area contributed by atoms with Crippen molar-refractivity contribution in [3.63, 3.8) is 0 Å². The molecule has 0 fully saturated rings. The second-order valence-corrected chi connectivity index (χ2v) is 4.21. The summed E-state index contributed by atoms with van der Waals surface area (Å²) in [5.74, 6) is 0. The van der Waals surface area contributed by atoms with E-state index >= 15 is 0 Å². The van der Waals surface area contributed by atoms with Crippen molar-refractivity contribution in [2.24, 2.45) is 0 Å². The summed E-state index contributed by atoms with van der Waals surface area (Å²) in [5, 5.41) is 2.62. The van der Waals surface area contributed by atoms with Gasteiger partial charge in [0, 0.05) is 0 Å². The van der Waals surface area contributed by atoms with Crippen molar-refractivity contribution in [3.05, 3.63) is 84.9 Å². The molecule has 3 aromatic carbocycles. The summed E-state index contributed by atoms with van der Waals surface area (Å²) in [6.45, 7) is 16.2. The van der Waals surface area contributed by atoms with Crippen LogP contribution in [0.1, 0.15) is 61.8 Å². The summed E-state index contributed by atoms with van der Waals surface area (Å²) in [4.78, 5) is 0.